The number of rotatable bonds is 6. The van der Waals surface area contributed by atoms with Gasteiger partial charge in [-0.2, -0.15) is 0 Å². The van der Waals surface area contributed by atoms with Crippen LogP contribution >= 0.6 is 0 Å². The Balaban J connectivity index is 1.88. The van der Waals surface area contributed by atoms with Crippen LogP contribution in [0.1, 0.15) is 38.4 Å². The summed E-state index contributed by atoms with van der Waals surface area (Å²) in [5.74, 6) is 0.181. The molecule has 1 aliphatic rings. The zero-order valence-corrected chi connectivity index (χ0v) is 19.0. The fourth-order valence-corrected chi connectivity index (χ4v) is 4.02. The highest BCUT2D eigenvalue weighted by molar-refractivity contribution is 5.82. The molecule has 172 valence electrons. The van der Waals surface area contributed by atoms with E-state index in [0.717, 1.165) is 34.0 Å². The van der Waals surface area contributed by atoms with Crippen molar-refractivity contribution < 1.29 is 19.0 Å². The quantitative estimate of drug-likeness (QED) is 0.515. The molecule has 33 heavy (non-hydrogen) atoms. The fraction of sp³-hybridized carbons (Fsp3) is 0.308. The molecule has 4 rings (SSSR count). The number of ether oxygens (including phenoxy) is 1. The predicted molar refractivity (Wildman–Crippen MR) is 127 cm³/mol. The molecule has 2 atom stereocenters. The minimum Gasteiger partial charge on any atom is -0.458 e. The van der Waals surface area contributed by atoms with E-state index in [-0.39, 0.29) is 18.2 Å². The maximum atomic E-state index is 13.7. The molecule has 0 aliphatic carbocycles. The normalized spacial score (nSPS) is 18.7. The Labute approximate surface area is 192 Å². The topological polar surface area (TPSA) is 76.4 Å². The molecule has 1 saturated heterocycles. The summed E-state index contributed by atoms with van der Waals surface area (Å²) in [6.07, 6.45) is 2.72. The Bertz CT molecular complexity index is 1170. The number of carbonyl (C=O) groups is 1. The SMILES string of the molecule is CNc1cccc(-c2nc(C(C)C)n(/C=C/[C@@H]3C[C@@H](O)CC(=O)O3)c2-c2ccc(F)cc2)c1. The summed E-state index contributed by atoms with van der Waals surface area (Å²) < 4.78 is 21.1. The molecule has 1 aliphatic heterocycles. The van der Waals surface area contributed by atoms with Crippen LogP contribution in [0, 0.1) is 5.82 Å². The number of carbonyl (C=O) groups excluding carboxylic acids is 1. The zero-order valence-electron chi connectivity index (χ0n) is 19.0. The van der Waals surface area contributed by atoms with Crippen LogP contribution in [0.3, 0.4) is 0 Å². The van der Waals surface area contributed by atoms with Gasteiger partial charge in [0.1, 0.15) is 17.7 Å². The minimum atomic E-state index is -0.718. The van der Waals surface area contributed by atoms with Gasteiger partial charge in [-0.3, -0.25) is 4.79 Å². The first-order valence-electron chi connectivity index (χ1n) is 11.1. The summed E-state index contributed by atoms with van der Waals surface area (Å²) in [6.45, 7) is 4.11. The molecule has 2 aromatic carbocycles. The Morgan fingerprint density at radius 1 is 1.21 bits per heavy atom. The van der Waals surface area contributed by atoms with Gasteiger partial charge in [0.2, 0.25) is 0 Å². The third-order valence-electron chi connectivity index (χ3n) is 5.64. The van der Waals surface area contributed by atoms with E-state index in [1.54, 1.807) is 18.2 Å². The lowest BCUT2D eigenvalue weighted by atomic mass is 10.0. The molecule has 0 bridgehead atoms. The van der Waals surface area contributed by atoms with E-state index in [0.29, 0.717) is 6.42 Å². The Hall–Kier alpha value is -3.45. The molecule has 2 N–H and O–H groups in total. The summed E-state index contributed by atoms with van der Waals surface area (Å²) >= 11 is 0. The molecule has 0 radical (unpaired) electrons. The van der Waals surface area contributed by atoms with Gasteiger partial charge >= 0.3 is 5.97 Å². The van der Waals surface area contributed by atoms with Crippen molar-refractivity contribution >= 4 is 17.9 Å². The number of aliphatic hydroxyl groups is 1. The second kappa shape index (κ2) is 9.58. The maximum Gasteiger partial charge on any atom is 0.309 e. The van der Waals surface area contributed by atoms with Gasteiger partial charge < -0.3 is 19.7 Å². The summed E-state index contributed by atoms with van der Waals surface area (Å²) in [6, 6.07) is 14.3. The van der Waals surface area contributed by atoms with Crippen LogP contribution in [0.4, 0.5) is 10.1 Å². The Morgan fingerprint density at radius 3 is 2.64 bits per heavy atom. The van der Waals surface area contributed by atoms with E-state index in [9.17, 15) is 14.3 Å². The number of nitrogens with one attached hydrogen (secondary N) is 1. The van der Waals surface area contributed by atoms with Crippen molar-refractivity contribution in [1.29, 1.82) is 0 Å². The van der Waals surface area contributed by atoms with Crippen LogP contribution < -0.4 is 5.32 Å². The smallest absolute Gasteiger partial charge is 0.309 e. The van der Waals surface area contributed by atoms with Crippen LogP contribution in [0.2, 0.25) is 0 Å². The number of halogens is 1. The van der Waals surface area contributed by atoms with Crippen molar-refractivity contribution in [3.8, 4) is 22.5 Å². The van der Waals surface area contributed by atoms with Gasteiger partial charge in [-0.15, -0.1) is 0 Å². The van der Waals surface area contributed by atoms with Gasteiger partial charge in [-0.05, 0) is 42.5 Å². The predicted octanol–water partition coefficient (Wildman–Crippen LogP) is 5.06. The Kier molecular flexibility index (Phi) is 6.60. The number of nitrogens with zero attached hydrogens (tertiary/aromatic N) is 2. The molecular weight excluding hydrogens is 421 g/mol. The summed E-state index contributed by atoms with van der Waals surface area (Å²) in [7, 11) is 1.86. The van der Waals surface area contributed by atoms with Crippen LogP contribution in [0.5, 0.6) is 0 Å². The molecule has 0 spiro atoms. The van der Waals surface area contributed by atoms with E-state index in [1.807, 2.05) is 42.1 Å². The van der Waals surface area contributed by atoms with Gasteiger partial charge in [0.05, 0.1) is 23.9 Å². The van der Waals surface area contributed by atoms with Crippen molar-refractivity contribution in [3.05, 3.63) is 66.2 Å². The summed E-state index contributed by atoms with van der Waals surface area (Å²) in [5, 5.41) is 13.1. The number of hydrogen-bond donors (Lipinski definition) is 2. The van der Waals surface area contributed by atoms with Crippen LogP contribution in [0.15, 0.2) is 54.6 Å². The van der Waals surface area contributed by atoms with E-state index in [2.05, 4.69) is 19.2 Å². The highest BCUT2D eigenvalue weighted by Gasteiger charge is 2.26. The first-order chi connectivity index (χ1) is 15.9. The van der Waals surface area contributed by atoms with Crippen LogP contribution in [-0.2, 0) is 9.53 Å². The molecule has 1 aromatic heterocycles. The average molecular weight is 450 g/mol. The molecule has 2 heterocycles. The van der Waals surface area contributed by atoms with E-state index in [4.69, 9.17) is 9.72 Å². The number of aliphatic hydroxyl groups excluding tert-OH is 1. The summed E-state index contributed by atoms with van der Waals surface area (Å²) in [4.78, 5) is 16.7. The first kappa shape index (κ1) is 22.7. The highest BCUT2D eigenvalue weighted by Crippen LogP contribution is 2.36. The number of benzene rings is 2. The van der Waals surface area contributed by atoms with Gasteiger partial charge in [-0.25, -0.2) is 9.37 Å². The van der Waals surface area contributed by atoms with Crippen molar-refractivity contribution in [2.45, 2.75) is 44.8 Å². The number of imidazole rings is 1. The fourth-order valence-electron chi connectivity index (χ4n) is 4.02. The molecule has 6 nitrogen and oxygen atoms in total. The minimum absolute atomic E-state index is 0.0133. The number of esters is 1. The average Bonchev–Trinajstić information content (AvgIpc) is 3.17. The highest BCUT2D eigenvalue weighted by atomic mass is 19.1. The molecule has 1 fully saturated rings. The second-order valence-corrected chi connectivity index (χ2v) is 8.49. The maximum absolute atomic E-state index is 13.7. The zero-order chi connectivity index (χ0) is 23.5. The van der Waals surface area contributed by atoms with Gasteiger partial charge in [0.25, 0.3) is 0 Å². The summed E-state index contributed by atoms with van der Waals surface area (Å²) in [5.41, 5.74) is 4.27. The van der Waals surface area contributed by atoms with Crippen molar-refractivity contribution in [2.75, 3.05) is 12.4 Å². The second-order valence-electron chi connectivity index (χ2n) is 8.49. The third-order valence-corrected chi connectivity index (χ3v) is 5.64. The number of cyclic esters (lactones) is 1. The number of anilines is 1. The van der Waals surface area contributed by atoms with Gasteiger partial charge in [0, 0.05) is 42.4 Å². The molecule has 0 amide bonds. The molecular formula is C26H28FN3O3. The van der Waals surface area contributed by atoms with Crippen molar-refractivity contribution in [1.82, 2.24) is 9.55 Å². The van der Waals surface area contributed by atoms with E-state index >= 15 is 0 Å². The van der Waals surface area contributed by atoms with Crippen molar-refractivity contribution in [3.63, 3.8) is 0 Å². The Morgan fingerprint density at radius 2 is 1.97 bits per heavy atom. The number of aromatic nitrogens is 2. The lowest BCUT2D eigenvalue weighted by Gasteiger charge is -2.23. The third kappa shape index (κ3) is 4.98. The van der Waals surface area contributed by atoms with E-state index < -0.39 is 18.2 Å². The van der Waals surface area contributed by atoms with Crippen LogP contribution in [-0.4, -0.2) is 39.9 Å². The van der Waals surface area contributed by atoms with Gasteiger partial charge in [0.15, 0.2) is 0 Å². The first-order valence-corrected chi connectivity index (χ1v) is 11.1. The molecule has 0 unspecified atom stereocenters. The lowest BCUT2D eigenvalue weighted by Crippen LogP contribution is -2.31. The van der Waals surface area contributed by atoms with Crippen molar-refractivity contribution in [2.24, 2.45) is 0 Å². The monoisotopic (exact) mass is 449 g/mol. The van der Waals surface area contributed by atoms with E-state index in [1.165, 1.54) is 12.1 Å². The lowest BCUT2D eigenvalue weighted by molar-refractivity contribution is -0.156. The molecule has 0 saturated carbocycles. The standard InChI is InChI=1S/C26H28FN3O3/c1-16(2)26-29-24(18-5-4-6-20(13-18)28-3)25(17-7-9-19(27)10-8-17)30(26)12-11-22-14-21(31)15-23(32)33-22/h4-13,16,21-22,28,31H,14-15H2,1-3H3/b12-11+/t21-,22-/m1/s1. The van der Waals surface area contributed by atoms with Gasteiger partial charge in [-0.1, -0.05) is 26.0 Å². The van der Waals surface area contributed by atoms with Crippen LogP contribution in [0.25, 0.3) is 28.7 Å². The molecule has 7 heteroatoms. The number of hydrogen-bond acceptors (Lipinski definition) is 5. The molecule has 3 aromatic rings. The largest absolute Gasteiger partial charge is 0.458 e.